The second kappa shape index (κ2) is 7.97. The van der Waals surface area contributed by atoms with Crippen molar-refractivity contribution in [3.05, 3.63) is 12.2 Å². The van der Waals surface area contributed by atoms with Gasteiger partial charge in [-0.3, -0.25) is 0 Å². The Morgan fingerprint density at radius 3 is 2.36 bits per heavy atom. The Morgan fingerprint density at radius 2 is 2.07 bits per heavy atom. The minimum atomic E-state index is -4.56. The summed E-state index contributed by atoms with van der Waals surface area (Å²) in [6, 6.07) is 0. The third kappa shape index (κ3) is 7.10. The van der Waals surface area contributed by atoms with Crippen molar-refractivity contribution in [3.8, 4) is 0 Å². The van der Waals surface area contributed by atoms with Gasteiger partial charge in [0.1, 0.15) is 10.1 Å². The molecule has 1 unspecified atom stereocenters. The molecule has 0 spiro atoms. The molecule has 0 aromatic carbocycles. The third-order valence-electron chi connectivity index (χ3n) is 1.21. The Labute approximate surface area is 126 Å². The zero-order valence-corrected chi connectivity index (χ0v) is 12.3. The van der Waals surface area contributed by atoms with Gasteiger partial charge >= 0.3 is 57.4 Å². The van der Waals surface area contributed by atoms with E-state index in [9.17, 15) is 17.8 Å². The molecule has 0 N–H and O–H groups in total. The fourth-order valence-electron chi connectivity index (χ4n) is 0.651. The fourth-order valence-corrected chi connectivity index (χ4v) is 1.27. The molecule has 0 fully saturated rings. The van der Waals surface area contributed by atoms with Gasteiger partial charge in [-0.15, -0.1) is 0 Å². The summed E-state index contributed by atoms with van der Waals surface area (Å²) in [5, 5.41) is 0. The Hall–Kier alpha value is 0.756. The van der Waals surface area contributed by atoms with Crippen molar-refractivity contribution in [2.45, 2.75) is 25.7 Å². The molecule has 0 saturated heterocycles. The molecule has 5 nitrogen and oxygen atoms in total. The van der Waals surface area contributed by atoms with E-state index in [2.05, 4.69) is 4.74 Å². The van der Waals surface area contributed by atoms with Gasteiger partial charge in [-0.2, -0.15) is 0 Å². The summed E-state index contributed by atoms with van der Waals surface area (Å²) in [7, 11) is -4.56. The van der Waals surface area contributed by atoms with E-state index < -0.39 is 21.5 Å². The zero-order chi connectivity index (χ0) is 10.5. The van der Waals surface area contributed by atoms with Gasteiger partial charge in [0, 0.05) is 6.08 Å². The second-order valence-corrected chi connectivity index (χ2v) is 3.78. The molecular weight excluding hydrogens is 235 g/mol. The summed E-state index contributed by atoms with van der Waals surface area (Å²) in [4.78, 5) is 10.7. The first-order chi connectivity index (χ1) is 5.91. The number of carbonyl (C=O) groups is 1. The van der Waals surface area contributed by atoms with E-state index in [0.717, 1.165) is 6.08 Å². The largest absolute Gasteiger partial charge is 1.00 e. The van der Waals surface area contributed by atoms with Crippen molar-refractivity contribution in [3.63, 3.8) is 0 Å². The number of allylic oxidation sites excluding steroid dienone is 1. The van der Waals surface area contributed by atoms with Crippen LogP contribution in [0, 0.1) is 0 Å². The van der Waals surface area contributed by atoms with Crippen LogP contribution in [0.25, 0.3) is 0 Å². The molecule has 1 atom stereocenters. The molecule has 0 aromatic heterocycles. The van der Waals surface area contributed by atoms with Crippen LogP contribution in [-0.4, -0.2) is 24.4 Å². The zero-order valence-electron chi connectivity index (χ0n) is 8.39. The number of hydrogen-bond donors (Lipinski definition) is 0. The predicted molar refractivity (Wildman–Crippen MR) is 44.7 cm³/mol. The second-order valence-electron chi connectivity index (χ2n) is 2.27. The molecule has 76 valence electrons. The van der Waals surface area contributed by atoms with Crippen LogP contribution in [0.5, 0.6) is 0 Å². The molecule has 7 heteroatoms. The monoisotopic (exact) mass is 246 g/mol. The maximum Gasteiger partial charge on any atom is 1.00 e. The topological polar surface area (TPSA) is 83.5 Å². The van der Waals surface area contributed by atoms with E-state index in [-0.39, 0.29) is 57.8 Å². The number of hydrogen-bond acceptors (Lipinski definition) is 5. The van der Waals surface area contributed by atoms with Gasteiger partial charge in [0.05, 0.1) is 0 Å². The Balaban J connectivity index is 0. The maximum absolute atomic E-state index is 10.7. The first-order valence-electron chi connectivity index (χ1n) is 3.69. The van der Waals surface area contributed by atoms with Crippen LogP contribution in [0.2, 0.25) is 0 Å². The predicted octanol–water partition coefficient (Wildman–Crippen LogP) is -2.61. The molecule has 0 bridgehead atoms. The number of esters is 1. The minimum Gasteiger partial charge on any atom is -0.745 e. The van der Waals surface area contributed by atoms with Gasteiger partial charge < -0.3 is 9.29 Å². The van der Waals surface area contributed by atoms with Gasteiger partial charge in [0.2, 0.25) is 0 Å². The third-order valence-corrected chi connectivity index (χ3v) is 2.28. The van der Waals surface area contributed by atoms with Crippen molar-refractivity contribution >= 4 is 16.1 Å². The van der Waals surface area contributed by atoms with Crippen LogP contribution in [0.4, 0.5) is 0 Å². The average molecular weight is 246 g/mol. The van der Waals surface area contributed by atoms with Gasteiger partial charge in [0.15, 0.2) is 5.44 Å². The van der Waals surface area contributed by atoms with Crippen molar-refractivity contribution < 1.29 is 73.9 Å². The molecule has 0 aliphatic carbocycles. The van der Waals surface area contributed by atoms with Gasteiger partial charge in [0.25, 0.3) is 0 Å². The quantitative estimate of drug-likeness (QED) is 0.235. The number of ether oxygens (including phenoxy) is 1. The molecule has 0 amide bonds. The van der Waals surface area contributed by atoms with Crippen molar-refractivity contribution in [2.75, 3.05) is 0 Å². The fraction of sp³-hybridized carbons (Fsp3) is 0.571. The summed E-state index contributed by atoms with van der Waals surface area (Å²) in [5.74, 6) is -0.825. The standard InChI is InChI=1S/C7H12O5S.K/c1-3-5-6(8)12-7(4-2)13(9,10)11;/h3,5,7H,4H2,1-2H3,(H,9,10,11);/q;+1/p-1. The Kier molecular flexibility index (Phi) is 9.77. The van der Waals surface area contributed by atoms with Crippen molar-refractivity contribution in [1.29, 1.82) is 0 Å². The van der Waals surface area contributed by atoms with Crippen LogP contribution in [0.15, 0.2) is 12.2 Å². The van der Waals surface area contributed by atoms with E-state index in [4.69, 9.17) is 0 Å². The first kappa shape index (κ1) is 17.2. The molecular formula is C7H11KO5S. The number of rotatable bonds is 4. The normalized spacial score (nSPS) is 13.4. The summed E-state index contributed by atoms with van der Waals surface area (Å²) in [6.45, 7) is 3.02. The van der Waals surface area contributed by atoms with Gasteiger partial charge in [-0.05, 0) is 13.3 Å². The molecule has 0 aromatic rings. The maximum atomic E-state index is 10.7. The molecule has 0 aliphatic rings. The molecule has 0 aliphatic heterocycles. The van der Waals surface area contributed by atoms with E-state index in [1.165, 1.54) is 13.0 Å². The smallest absolute Gasteiger partial charge is 0.745 e. The summed E-state index contributed by atoms with van der Waals surface area (Å²) in [6.07, 6.45) is 2.40. The summed E-state index contributed by atoms with van der Waals surface area (Å²) in [5.41, 5.74) is -1.59. The van der Waals surface area contributed by atoms with Gasteiger partial charge in [-0.1, -0.05) is 13.0 Å². The van der Waals surface area contributed by atoms with Crippen molar-refractivity contribution in [2.24, 2.45) is 0 Å². The summed E-state index contributed by atoms with van der Waals surface area (Å²) < 4.78 is 35.7. The van der Waals surface area contributed by atoms with Crippen LogP contribution < -0.4 is 51.4 Å². The van der Waals surface area contributed by atoms with Crippen molar-refractivity contribution in [1.82, 2.24) is 0 Å². The van der Waals surface area contributed by atoms with E-state index >= 15 is 0 Å². The van der Waals surface area contributed by atoms with Crippen LogP contribution in [-0.2, 0) is 19.6 Å². The summed E-state index contributed by atoms with van der Waals surface area (Å²) >= 11 is 0. The van der Waals surface area contributed by atoms with E-state index in [1.54, 1.807) is 6.92 Å². The van der Waals surface area contributed by atoms with Crippen LogP contribution in [0.3, 0.4) is 0 Å². The molecule has 0 rings (SSSR count). The van der Waals surface area contributed by atoms with Crippen LogP contribution in [0.1, 0.15) is 20.3 Å². The van der Waals surface area contributed by atoms with E-state index in [0.29, 0.717) is 0 Å². The Morgan fingerprint density at radius 1 is 1.57 bits per heavy atom. The van der Waals surface area contributed by atoms with Crippen LogP contribution >= 0.6 is 0 Å². The molecule has 14 heavy (non-hydrogen) atoms. The molecule has 0 saturated carbocycles. The Bertz CT molecular complexity index is 295. The van der Waals surface area contributed by atoms with E-state index in [1.807, 2.05) is 0 Å². The number of carbonyl (C=O) groups excluding carboxylic acids is 1. The minimum absolute atomic E-state index is 0. The average Bonchev–Trinajstić information content (AvgIpc) is 1.98. The van der Waals surface area contributed by atoms with Gasteiger partial charge in [-0.25, -0.2) is 13.2 Å². The molecule has 0 radical (unpaired) electrons. The first-order valence-corrected chi connectivity index (χ1v) is 5.17. The molecule has 0 heterocycles. The SMILES string of the molecule is CC=CC(=O)OC(CC)S(=O)(=O)[O-].[K+].